The average molecular weight is 450 g/mol. The second kappa shape index (κ2) is 10.0. The van der Waals surface area contributed by atoms with Gasteiger partial charge >= 0.3 is 5.97 Å². The maximum atomic E-state index is 12.7. The monoisotopic (exact) mass is 449 g/mol. The molecule has 2 aromatic rings. The molecule has 8 nitrogen and oxygen atoms in total. The van der Waals surface area contributed by atoms with Crippen molar-refractivity contribution in [2.75, 3.05) is 17.2 Å². The van der Waals surface area contributed by atoms with E-state index in [2.05, 4.69) is 15.7 Å². The molecule has 0 bridgehead atoms. The minimum Gasteiger partial charge on any atom is -0.462 e. The molecule has 2 aromatic heterocycles. The SMILES string of the molecule is CCOC(=O)c1c(NC(=S)Nc2cn(CC)nc2C(N)=O)sc2c1CCCCCC2. The summed E-state index contributed by atoms with van der Waals surface area (Å²) in [5.74, 6) is -0.976. The van der Waals surface area contributed by atoms with Crippen molar-refractivity contribution in [3.8, 4) is 0 Å². The zero-order chi connectivity index (χ0) is 21.7. The third-order valence-electron chi connectivity index (χ3n) is 4.95. The number of rotatable bonds is 6. The minimum atomic E-state index is -0.640. The Bertz CT molecular complexity index is 951. The second-order valence-corrected chi connectivity index (χ2v) is 8.55. The lowest BCUT2D eigenvalue weighted by molar-refractivity contribution is 0.0526. The highest BCUT2D eigenvalue weighted by Crippen LogP contribution is 2.37. The molecular weight excluding hydrogens is 422 g/mol. The van der Waals surface area contributed by atoms with E-state index in [1.54, 1.807) is 29.1 Å². The quantitative estimate of drug-likeness (QED) is 0.455. The molecule has 0 saturated carbocycles. The molecule has 0 aromatic carbocycles. The van der Waals surface area contributed by atoms with Crippen molar-refractivity contribution in [2.24, 2.45) is 5.73 Å². The van der Waals surface area contributed by atoms with Gasteiger partial charge in [-0.05, 0) is 57.3 Å². The number of carbonyl (C=O) groups excluding carboxylic acids is 2. The van der Waals surface area contributed by atoms with Gasteiger partial charge in [-0.3, -0.25) is 9.48 Å². The number of amides is 1. The van der Waals surface area contributed by atoms with Crippen molar-refractivity contribution in [1.29, 1.82) is 0 Å². The third-order valence-corrected chi connectivity index (χ3v) is 6.36. The first-order valence-electron chi connectivity index (χ1n) is 10.2. The van der Waals surface area contributed by atoms with Gasteiger partial charge < -0.3 is 21.1 Å². The van der Waals surface area contributed by atoms with E-state index in [0.29, 0.717) is 29.4 Å². The van der Waals surface area contributed by atoms with Crippen LogP contribution in [-0.2, 0) is 24.1 Å². The Morgan fingerprint density at radius 3 is 2.63 bits per heavy atom. The van der Waals surface area contributed by atoms with Crippen molar-refractivity contribution in [1.82, 2.24) is 9.78 Å². The lowest BCUT2D eigenvalue weighted by Gasteiger charge is -2.12. The number of aryl methyl sites for hydroxylation is 2. The number of carbonyl (C=O) groups is 2. The van der Waals surface area contributed by atoms with Crippen molar-refractivity contribution in [2.45, 2.75) is 58.9 Å². The Morgan fingerprint density at radius 2 is 1.97 bits per heavy atom. The summed E-state index contributed by atoms with van der Waals surface area (Å²) in [6.45, 7) is 4.60. The summed E-state index contributed by atoms with van der Waals surface area (Å²) in [6, 6.07) is 0. The first-order chi connectivity index (χ1) is 14.4. The number of hydrogen-bond acceptors (Lipinski definition) is 6. The number of hydrogen-bond donors (Lipinski definition) is 3. The average Bonchev–Trinajstić information content (AvgIpc) is 3.23. The molecule has 1 amide bonds. The van der Waals surface area contributed by atoms with Gasteiger partial charge in [0.05, 0.1) is 17.9 Å². The molecule has 10 heteroatoms. The zero-order valence-electron chi connectivity index (χ0n) is 17.2. The van der Waals surface area contributed by atoms with E-state index in [9.17, 15) is 9.59 Å². The van der Waals surface area contributed by atoms with Gasteiger partial charge in [-0.25, -0.2) is 4.79 Å². The lowest BCUT2D eigenvalue weighted by atomic mass is 9.96. The summed E-state index contributed by atoms with van der Waals surface area (Å²) >= 11 is 7.00. The summed E-state index contributed by atoms with van der Waals surface area (Å²) in [4.78, 5) is 25.6. The second-order valence-electron chi connectivity index (χ2n) is 7.03. The number of nitrogens with zero attached hydrogens (tertiary/aromatic N) is 2. The van der Waals surface area contributed by atoms with Crippen LogP contribution in [0, 0.1) is 0 Å². The maximum absolute atomic E-state index is 12.7. The maximum Gasteiger partial charge on any atom is 0.341 e. The molecule has 0 spiro atoms. The van der Waals surface area contributed by atoms with Crippen molar-refractivity contribution < 1.29 is 14.3 Å². The van der Waals surface area contributed by atoms with Crippen LogP contribution in [0.1, 0.15) is 70.8 Å². The molecule has 1 aliphatic rings. The number of nitrogens with one attached hydrogen (secondary N) is 2. The number of thiophene rings is 1. The van der Waals surface area contributed by atoms with Gasteiger partial charge in [-0.15, -0.1) is 11.3 Å². The van der Waals surface area contributed by atoms with Gasteiger partial charge in [-0.2, -0.15) is 5.10 Å². The van der Waals surface area contributed by atoms with Crippen molar-refractivity contribution in [3.63, 3.8) is 0 Å². The molecule has 0 unspecified atom stereocenters. The molecule has 30 heavy (non-hydrogen) atoms. The molecule has 0 fully saturated rings. The van der Waals surface area contributed by atoms with Crippen LogP contribution < -0.4 is 16.4 Å². The first-order valence-corrected chi connectivity index (χ1v) is 11.4. The van der Waals surface area contributed by atoms with Crippen molar-refractivity contribution >= 4 is 51.2 Å². The van der Waals surface area contributed by atoms with E-state index >= 15 is 0 Å². The molecule has 0 saturated heterocycles. The number of thiocarbonyl (C=S) groups is 1. The fourth-order valence-corrected chi connectivity index (χ4v) is 5.10. The number of primary amides is 1. The number of anilines is 2. The number of esters is 1. The molecule has 162 valence electrons. The van der Waals surface area contributed by atoms with Gasteiger partial charge in [-0.1, -0.05) is 12.8 Å². The summed E-state index contributed by atoms with van der Waals surface area (Å²) in [7, 11) is 0. The molecule has 0 aliphatic heterocycles. The van der Waals surface area contributed by atoms with Crippen LogP contribution in [-0.4, -0.2) is 33.4 Å². The Kier molecular flexibility index (Phi) is 7.43. The topological polar surface area (TPSA) is 111 Å². The Balaban J connectivity index is 1.87. The van der Waals surface area contributed by atoms with E-state index in [0.717, 1.165) is 37.7 Å². The minimum absolute atomic E-state index is 0.116. The van der Waals surface area contributed by atoms with Crippen LogP contribution in [0.15, 0.2) is 6.20 Å². The van der Waals surface area contributed by atoms with Crippen LogP contribution >= 0.6 is 23.6 Å². The van der Waals surface area contributed by atoms with E-state index in [4.69, 9.17) is 22.7 Å². The third kappa shape index (κ3) is 4.99. The molecule has 3 rings (SSSR count). The summed E-state index contributed by atoms with van der Waals surface area (Å²) in [6.07, 6.45) is 8.00. The van der Waals surface area contributed by atoms with Gasteiger partial charge in [0.15, 0.2) is 10.8 Å². The summed E-state index contributed by atoms with van der Waals surface area (Å²) in [5, 5.41) is 11.2. The highest BCUT2D eigenvalue weighted by atomic mass is 32.1. The molecule has 1 aliphatic carbocycles. The molecule has 0 radical (unpaired) electrons. The normalized spacial score (nSPS) is 13.7. The van der Waals surface area contributed by atoms with Crippen molar-refractivity contribution in [3.05, 3.63) is 27.9 Å². The largest absolute Gasteiger partial charge is 0.462 e. The molecule has 2 heterocycles. The Morgan fingerprint density at radius 1 is 1.23 bits per heavy atom. The number of nitrogens with two attached hydrogens (primary N) is 1. The molecule has 4 N–H and O–H groups in total. The van der Waals surface area contributed by atoms with Crippen LogP contribution in [0.5, 0.6) is 0 Å². The van der Waals surface area contributed by atoms with Crippen LogP contribution in [0.4, 0.5) is 10.7 Å². The summed E-state index contributed by atoms with van der Waals surface area (Å²) < 4.78 is 6.93. The van der Waals surface area contributed by atoms with Crippen LogP contribution in [0.2, 0.25) is 0 Å². The highest BCUT2D eigenvalue weighted by Gasteiger charge is 2.26. The van der Waals surface area contributed by atoms with E-state index in [1.807, 2.05) is 6.92 Å². The number of ether oxygens (including phenoxy) is 1. The van der Waals surface area contributed by atoms with E-state index in [1.165, 1.54) is 11.3 Å². The predicted molar refractivity (Wildman–Crippen MR) is 122 cm³/mol. The predicted octanol–water partition coefficient (Wildman–Crippen LogP) is 3.71. The fourth-order valence-electron chi connectivity index (χ4n) is 3.54. The standard InChI is InChI=1S/C20H27N5O3S2/c1-3-25-11-13(16(24-25)17(21)26)22-20(29)23-18-15(19(27)28-4-2)12-9-7-5-6-8-10-14(12)30-18/h11H,3-10H2,1-2H3,(H2,21,26)(H2,22,23,29). The van der Waals surface area contributed by atoms with Gasteiger partial charge in [0.1, 0.15) is 5.00 Å². The summed E-state index contributed by atoms with van der Waals surface area (Å²) in [5.41, 5.74) is 7.61. The van der Waals surface area contributed by atoms with Crippen LogP contribution in [0.25, 0.3) is 0 Å². The Hall–Kier alpha value is -2.46. The van der Waals surface area contributed by atoms with Crippen LogP contribution in [0.3, 0.4) is 0 Å². The molecular formula is C20H27N5O3S2. The van der Waals surface area contributed by atoms with Gasteiger partial charge in [0.25, 0.3) is 5.91 Å². The Labute approximate surface area is 185 Å². The number of aromatic nitrogens is 2. The smallest absolute Gasteiger partial charge is 0.341 e. The van der Waals surface area contributed by atoms with E-state index in [-0.39, 0.29) is 16.8 Å². The van der Waals surface area contributed by atoms with E-state index < -0.39 is 5.91 Å². The molecule has 0 atom stereocenters. The first kappa shape index (κ1) is 22.2. The highest BCUT2D eigenvalue weighted by molar-refractivity contribution is 7.80. The van der Waals surface area contributed by atoms with Gasteiger partial charge in [0, 0.05) is 17.6 Å². The van der Waals surface area contributed by atoms with Gasteiger partial charge in [0.2, 0.25) is 0 Å². The number of fused-ring (bicyclic) bond motifs is 1. The lowest BCUT2D eigenvalue weighted by Crippen LogP contribution is -2.22. The fraction of sp³-hybridized carbons (Fsp3) is 0.500. The zero-order valence-corrected chi connectivity index (χ0v) is 18.9.